The number of aryl methyl sites for hydroxylation is 1. The Morgan fingerprint density at radius 2 is 2.35 bits per heavy atom. The Bertz CT molecular complexity index is 358. The van der Waals surface area contributed by atoms with Crippen molar-refractivity contribution in [2.75, 3.05) is 32.0 Å². The highest BCUT2D eigenvalue weighted by Gasteiger charge is 2.18. The van der Waals surface area contributed by atoms with Gasteiger partial charge < -0.3 is 14.8 Å². The number of aromatic nitrogens is 2. The van der Waals surface area contributed by atoms with Crippen molar-refractivity contribution in [1.29, 1.82) is 0 Å². The minimum atomic E-state index is 0.764. The lowest BCUT2D eigenvalue weighted by Gasteiger charge is -2.30. The first kappa shape index (κ1) is 12.4. The number of hydrogen-bond donors (Lipinski definition) is 1. The van der Waals surface area contributed by atoms with E-state index in [1.54, 1.807) is 0 Å². The number of nitrogens with one attached hydrogen (secondary N) is 1. The maximum Gasteiger partial charge on any atom is 0.203 e. The predicted molar refractivity (Wildman–Crippen MR) is 71.3 cm³/mol. The van der Waals surface area contributed by atoms with E-state index >= 15 is 0 Å². The van der Waals surface area contributed by atoms with Crippen molar-refractivity contribution in [1.82, 2.24) is 14.5 Å². The predicted octanol–water partition coefficient (Wildman–Crippen LogP) is 1.97. The van der Waals surface area contributed by atoms with E-state index in [1.165, 1.54) is 25.9 Å². The number of imidazole rings is 1. The molecule has 0 aliphatic carbocycles. The highest BCUT2D eigenvalue weighted by Crippen LogP contribution is 2.19. The molecule has 1 N–H and O–H groups in total. The summed E-state index contributed by atoms with van der Waals surface area (Å²) in [6, 6.07) is 0. The van der Waals surface area contributed by atoms with Crippen LogP contribution in [0.2, 0.25) is 0 Å². The lowest BCUT2D eigenvalue weighted by molar-refractivity contribution is 0.195. The monoisotopic (exact) mass is 236 g/mol. The van der Waals surface area contributed by atoms with Crippen molar-refractivity contribution in [3.8, 4) is 0 Å². The fourth-order valence-corrected chi connectivity index (χ4v) is 2.69. The molecule has 1 aliphatic heterocycles. The zero-order valence-electron chi connectivity index (χ0n) is 11.2. The number of anilines is 1. The number of piperidine rings is 1. The molecule has 96 valence electrons. The number of nitrogens with zero attached hydrogens (tertiary/aromatic N) is 3. The number of rotatable bonds is 4. The molecule has 1 fully saturated rings. The van der Waals surface area contributed by atoms with Gasteiger partial charge in [0.25, 0.3) is 0 Å². The summed E-state index contributed by atoms with van der Waals surface area (Å²) in [7, 11) is 2.22. The fraction of sp³-hybridized carbons (Fsp3) is 0.769. The third kappa shape index (κ3) is 3.22. The highest BCUT2D eigenvalue weighted by atomic mass is 15.2. The molecule has 2 heterocycles. The molecule has 0 amide bonds. The van der Waals surface area contributed by atoms with E-state index < -0.39 is 0 Å². The van der Waals surface area contributed by atoms with Crippen LogP contribution in [0.3, 0.4) is 0 Å². The summed E-state index contributed by atoms with van der Waals surface area (Å²) in [5.74, 6) is 1.79. The highest BCUT2D eigenvalue weighted by molar-refractivity contribution is 5.28. The van der Waals surface area contributed by atoms with Crippen molar-refractivity contribution in [3.63, 3.8) is 0 Å². The van der Waals surface area contributed by atoms with Crippen molar-refractivity contribution >= 4 is 5.95 Å². The first-order valence-electron chi connectivity index (χ1n) is 6.65. The van der Waals surface area contributed by atoms with Crippen LogP contribution in [-0.2, 0) is 6.54 Å². The summed E-state index contributed by atoms with van der Waals surface area (Å²) >= 11 is 0. The first-order valence-corrected chi connectivity index (χ1v) is 6.65. The van der Waals surface area contributed by atoms with Gasteiger partial charge in [0.1, 0.15) is 0 Å². The summed E-state index contributed by atoms with van der Waals surface area (Å²) < 4.78 is 2.28. The number of likely N-dealkylation sites (tertiary alicyclic amines) is 1. The lowest BCUT2D eigenvalue weighted by Crippen LogP contribution is -2.34. The fourth-order valence-electron chi connectivity index (χ4n) is 2.69. The quantitative estimate of drug-likeness (QED) is 0.867. The third-order valence-electron chi connectivity index (χ3n) is 3.41. The summed E-state index contributed by atoms with van der Waals surface area (Å²) in [5, 5.41) is 3.34. The normalized spacial score (nSPS) is 21.7. The Hall–Kier alpha value is -1.03. The second-order valence-electron chi connectivity index (χ2n) is 5.16. The molecule has 0 saturated carbocycles. The molecule has 1 aliphatic rings. The van der Waals surface area contributed by atoms with Crippen LogP contribution in [0.1, 0.15) is 25.5 Å². The van der Waals surface area contributed by atoms with Gasteiger partial charge in [0.2, 0.25) is 5.95 Å². The lowest BCUT2D eigenvalue weighted by atomic mass is 9.98. The molecule has 1 atom stereocenters. The second-order valence-corrected chi connectivity index (χ2v) is 5.16. The summed E-state index contributed by atoms with van der Waals surface area (Å²) in [6.45, 7) is 8.66. The smallest absolute Gasteiger partial charge is 0.203 e. The molecule has 1 unspecified atom stereocenters. The van der Waals surface area contributed by atoms with Crippen LogP contribution in [0.25, 0.3) is 0 Å². The molecule has 1 aromatic rings. The zero-order chi connectivity index (χ0) is 12.3. The van der Waals surface area contributed by atoms with Crippen LogP contribution >= 0.6 is 0 Å². The number of hydrogen-bond acceptors (Lipinski definition) is 3. The Morgan fingerprint density at radius 1 is 1.53 bits per heavy atom. The Labute approximate surface area is 104 Å². The topological polar surface area (TPSA) is 33.1 Å². The van der Waals surface area contributed by atoms with E-state index in [0.717, 1.165) is 30.6 Å². The molecular weight excluding hydrogens is 212 g/mol. The van der Waals surface area contributed by atoms with Crippen molar-refractivity contribution in [3.05, 3.63) is 11.9 Å². The molecule has 17 heavy (non-hydrogen) atoms. The molecule has 1 saturated heterocycles. The summed E-state index contributed by atoms with van der Waals surface area (Å²) in [5.41, 5.74) is 1.10. The minimum Gasteiger partial charge on any atom is -0.356 e. The van der Waals surface area contributed by atoms with E-state index in [4.69, 9.17) is 0 Å². The summed E-state index contributed by atoms with van der Waals surface area (Å²) in [6.07, 6.45) is 4.82. The van der Waals surface area contributed by atoms with E-state index in [1.807, 2.05) is 0 Å². The average molecular weight is 236 g/mol. The van der Waals surface area contributed by atoms with Gasteiger partial charge in [-0.3, -0.25) is 0 Å². The molecule has 0 radical (unpaired) electrons. The Balaban J connectivity index is 2.01. The standard InChI is InChI=1S/C13H24N4/c1-4-14-13-15-11(2)8-17(13)10-12-6-5-7-16(3)9-12/h8,12H,4-7,9-10H2,1-3H3,(H,14,15). The van der Waals surface area contributed by atoms with Gasteiger partial charge in [0.05, 0.1) is 5.69 Å². The van der Waals surface area contributed by atoms with Gasteiger partial charge in [-0.2, -0.15) is 0 Å². The van der Waals surface area contributed by atoms with Gasteiger partial charge in [0.15, 0.2) is 0 Å². The van der Waals surface area contributed by atoms with Gasteiger partial charge in [-0.05, 0) is 46.2 Å². The molecule has 4 nitrogen and oxygen atoms in total. The van der Waals surface area contributed by atoms with Gasteiger partial charge in [-0.1, -0.05) is 0 Å². The average Bonchev–Trinajstić information content (AvgIpc) is 2.59. The Morgan fingerprint density at radius 3 is 3.06 bits per heavy atom. The molecule has 4 heteroatoms. The van der Waals surface area contributed by atoms with Crippen molar-refractivity contribution in [2.45, 2.75) is 33.2 Å². The first-order chi connectivity index (χ1) is 8.19. The SMILES string of the molecule is CCNc1nc(C)cn1CC1CCCN(C)C1. The minimum absolute atomic E-state index is 0.764. The van der Waals surface area contributed by atoms with Crippen LogP contribution in [0.4, 0.5) is 5.95 Å². The van der Waals surface area contributed by atoms with Gasteiger partial charge in [-0.15, -0.1) is 0 Å². The molecule has 0 spiro atoms. The van der Waals surface area contributed by atoms with Crippen molar-refractivity contribution in [2.24, 2.45) is 5.92 Å². The summed E-state index contributed by atoms with van der Waals surface area (Å²) in [4.78, 5) is 6.96. The second kappa shape index (κ2) is 5.54. The van der Waals surface area contributed by atoms with E-state index in [9.17, 15) is 0 Å². The van der Waals surface area contributed by atoms with E-state index in [-0.39, 0.29) is 0 Å². The van der Waals surface area contributed by atoms with E-state index in [0.29, 0.717) is 0 Å². The zero-order valence-corrected chi connectivity index (χ0v) is 11.2. The van der Waals surface area contributed by atoms with Crippen LogP contribution < -0.4 is 5.32 Å². The molecule has 0 aromatic carbocycles. The van der Waals surface area contributed by atoms with Gasteiger partial charge >= 0.3 is 0 Å². The maximum atomic E-state index is 4.52. The maximum absolute atomic E-state index is 4.52. The van der Waals surface area contributed by atoms with Crippen LogP contribution in [0, 0.1) is 12.8 Å². The molecule has 2 rings (SSSR count). The van der Waals surface area contributed by atoms with Gasteiger partial charge in [0, 0.05) is 25.8 Å². The van der Waals surface area contributed by atoms with E-state index in [2.05, 4.69) is 46.9 Å². The van der Waals surface area contributed by atoms with Crippen LogP contribution in [0.15, 0.2) is 6.20 Å². The van der Waals surface area contributed by atoms with Gasteiger partial charge in [-0.25, -0.2) is 4.98 Å². The largest absolute Gasteiger partial charge is 0.356 e. The molecular formula is C13H24N4. The van der Waals surface area contributed by atoms with Crippen LogP contribution in [-0.4, -0.2) is 41.1 Å². The third-order valence-corrected chi connectivity index (χ3v) is 3.41. The van der Waals surface area contributed by atoms with Crippen LogP contribution in [0.5, 0.6) is 0 Å². The Kier molecular flexibility index (Phi) is 4.05. The molecule has 0 bridgehead atoms. The van der Waals surface area contributed by atoms with Crippen molar-refractivity contribution < 1.29 is 0 Å². The molecule has 1 aromatic heterocycles.